The zero-order valence-electron chi connectivity index (χ0n) is 15.4. The SMILES string of the molecule is C[CH2][Ge]([CH2]C)([CH2]C)[C@H]1[C@H](c2ccccc2)C12OCC(C)(C)CO2. The van der Waals surface area contributed by atoms with Gasteiger partial charge < -0.3 is 0 Å². The summed E-state index contributed by atoms with van der Waals surface area (Å²) in [6.45, 7) is 13.4. The molecule has 2 nitrogen and oxygen atoms in total. The van der Waals surface area contributed by atoms with Crippen molar-refractivity contribution >= 4 is 13.3 Å². The molecule has 0 N–H and O–H groups in total. The topological polar surface area (TPSA) is 18.5 Å². The van der Waals surface area contributed by atoms with Gasteiger partial charge in [-0.3, -0.25) is 0 Å². The van der Waals surface area contributed by atoms with E-state index in [-0.39, 0.29) is 11.2 Å². The Balaban J connectivity index is 1.96. The normalized spacial score (nSPS) is 28.7. The second kappa shape index (κ2) is 6.20. The molecule has 0 radical (unpaired) electrons. The summed E-state index contributed by atoms with van der Waals surface area (Å²) in [6.07, 6.45) is 0. The summed E-state index contributed by atoms with van der Waals surface area (Å²) in [7, 11) is 0. The molecule has 0 aromatic heterocycles. The molecule has 1 aliphatic carbocycles. The third-order valence-corrected chi connectivity index (χ3v) is 19.6. The zero-order valence-corrected chi connectivity index (χ0v) is 17.5. The summed E-state index contributed by atoms with van der Waals surface area (Å²) < 4.78 is 13.7. The molecule has 128 valence electrons. The maximum absolute atomic E-state index is 6.51. The molecule has 1 aliphatic heterocycles. The quantitative estimate of drug-likeness (QED) is 0.637. The third-order valence-electron chi connectivity index (χ3n) is 6.40. The van der Waals surface area contributed by atoms with Crippen LogP contribution in [0.25, 0.3) is 0 Å². The molecule has 2 aliphatic rings. The van der Waals surface area contributed by atoms with Crippen LogP contribution in [-0.4, -0.2) is 32.3 Å². The average molecular weight is 377 g/mol. The minimum absolute atomic E-state index is 0.139. The molecule has 3 heteroatoms. The summed E-state index contributed by atoms with van der Waals surface area (Å²) in [6, 6.07) is 11.0. The van der Waals surface area contributed by atoms with E-state index >= 15 is 0 Å². The molecule has 23 heavy (non-hydrogen) atoms. The van der Waals surface area contributed by atoms with Crippen LogP contribution in [-0.2, 0) is 9.47 Å². The van der Waals surface area contributed by atoms with E-state index in [9.17, 15) is 0 Å². The van der Waals surface area contributed by atoms with Crippen LogP contribution in [0.1, 0.15) is 46.1 Å². The molecule has 0 bridgehead atoms. The first-order valence-corrected chi connectivity index (χ1v) is 14.9. The van der Waals surface area contributed by atoms with E-state index in [1.54, 1.807) is 0 Å². The van der Waals surface area contributed by atoms with Crippen LogP contribution < -0.4 is 0 Å². The molecule has 1 saturated heterocycles. The Bertz CT molecular complexity index is 518. The van der Waals surface area contributed by atoms with E-state index in [2.05, 4.69) is 65.0 Å². The molecule has 2 fully saturated rings. The van der Waals surface area contributed by atoms with Crippen molar-refractivity contribution in [1.82, 2.24) is 0 Å². The van der Waals surface area contributed by atoms with Crippen LogP contribution in [0, 0.1) is 5.41 Å². The average Bonchev–Trinajstić information content (AvgIpc) is 3.23. The molecule has 1 aromatic carbocycles. The van der Waals surface area contributed by atoms with Crippen molar-refractivity contribution in [2.75, 3.05) is 13.2 Å². The van der Waals surface area contributed by atoms with E-state index in [1.807, 2.05) is 0 Å². The number of hydrogen-bond acceptors (Lipinski definition) is 2. The molecule has 2 atom stereocenters. The van der Waals surface area contributed by atoms with Crippen LogP contribution in [0.15, 0.2) is 30.3 Å². The van der Waals surface area contributed by atoms with Crippen LogP contribution in [0.2, 0.25) is 20.5 Å². The van der Waals surface area contributed by atoms with E-state index in [1.165, 1.54) is 21.3 Å². The van der Waals surface area contributed by atoms with Gasteiger partial charge in [-0.25, -0.2) is 0 Å². The van der Waals surface area contributed by atoms with Crippen molar-refractivity contribution in [3.05, 3.63) is 35.9 Å². The molecule has 0 amide bonds. The monoisotopic (exact) mass is 378 g/mol. The van der Waals surface area contributed by atoms with Crippen molar-refractivity contribution in [3.8, 4) is 0 Å². The van der Waals surface area contributed by atoms with E-state index in [4.69, 9.17) is 9.47 Å². The van der Waals surface area contributed by atoms with Gasteiger partial charge >= 0.3 is 144 Å². The number of benzene rings is 1. The van der Waals surface area contributed by atoms with Crippen molar-refractivity contribution in [3.63, 3.8) is 0 Å². The Morgan fingerprint density at radius 1 is 0.957 bits per heavy atom. The predicted molar refractivity (Wildman–Crippen MR) is 98.5 cm³/mol. The minimum atomic E-state index is -1.98. The number of ether oxygens (including phenoxy) is 2. The molecule has 1 aromatic rings. The van der Waals surface area contributed by atoms with Crippen LogP contribution in [0.5, 0.6) is 0 Å². The second-order valence-electron chi connectivity index (χ2n) is 8.25. The molecular formula is C20H32GeO2. The van der Waals surface area contributed by atoms with E-state index in [0.717, 1.165) is 13.2 Å². The first kappa shape index (κ1) is 17.5. The Morgan fingerprint density at radius 2 is 1.48 bits per heavy atom. The molecule has 1 heterocycles. The maximum atomic E-state index is 6.51. The summed E-state index contributed by atoms with van der Waals surface area (Å²) >= 11 is -1.98. The molecule has 1 saturated carbocycles. The fourth-order valence-corrected chi connectivity index (χ4v) is 15.3. The molecule has 1 spiro atoms. The van der Waals surface area contributed by atoms with Gasteiger partial charge in [0.05, 0.1) is 0 Å². The molecular weight excluding hydrogens is 345 g/mol. The Kier molecular flexibility index (Phi) is 4.72. The fourth-order valence-electron chi connectivity index (χ4n) is 4.68. The van der Waals surface area contributed by atoms with E-state index in [0.29, 0.717) is 10.7 Å². The van der Waals surface area contributed by atoms with Gasteiger partial charge in [-0.15, -0.1) is 0 Å². The van der Waals surface area contributed by atoms with Gasteiger partial charge in [0.2, 0.25) is 0 Å². The van der Waals surface area contributed by atoms with Crippen molar-refractivity contribution in [2.45, 2.75) is 66.8 Å². The summed E-state index contributed by atoms with van der Waals surface area (Å²) in [5.41, 5.74) is 1.56. The van der Waals surface area contributed by atoms with E-state index < -0.39 is 13.3 Å². The third kappa shape index (κ3) is 2.81. The fraction of sp³-hybridized carbons (Fsp3) is 0.700. The van der Waals surface area contributed by atoms with Gasteiger partial charge in [0.1, 0.15) is 0 Å². The predicted octanol–water partition coefficient (Wildman–Crippen LogP) is 5.43. The molecule has 3 rings (SSSR count). The van der Waals surface area contributed by atoms with Crippen LogP contribution in [0.3, 0.4) is 0 Å². The first-order chi connectivity index (χ1) is 10.9. The van der Waals surface area contributed by atoms with Crippen LogP contribution in [0.4, 0.5) is 0 Å². The standard InChI is InChI=1S/C20H32GeO2/c1-6-21(7-2,8-3)18-17(16-12-10-9-11-13-16)20(18)22-14-19(4,5)15-23-20/h9-13,17-18H,6-8,14-15H2,1-5H3/t17-,18-/m0/s1. The van der Waals surface area contributed by atoms with Gasteiger partial charge in [0, 0.05) is 0 Å². The van der Waals surface area contributed by atoms with Crippen molar-refractivity contribution in [2.24, 2.45) is 5.41 Å². The van der Waals surface area contributed by atoms with Crippen molar-refractivity contribution < 1.29 is 9.47 Å². The Labute approximate surface area is 144 Å². The van der Waals surface area contributed by atoms with Crippen LogP contribution >= 0.6 is 0 Å². The summed E-state index contributed by atoms with van der Waals surface area (Å²) in [5.74, 6) is 0.151. The Morgan fingerprint density at radius 3 is 1.96 bits per heavy atom. The van der Waals surface area contributed by atoms with Gasteiger partial charge in [-0.05, 0) is 0 Å². The Hall–Kier alpha value is -0.317. The summed E-state index contributed by atoms with van der Waals surface area (Å²) in [4.78, 5) is 0. The number of hydrogen-bond donors (Lipinski definition) is 0. The summed E-state index contributed by atoms with van der Waals surface area (Å²) in [5, 5.41) is 4.12. The van der Waals surface area contributed by atoms with Gasteiger partial charge in [0.25, 0.3) is 0 Å². The number of rotatable bonds is 5. The van der Waals surface area contributed by atoms with Gasteiger partial charge in [-0.1, -0.05) is 0 Å². The second-order valence-corrected chi connectivity index (χ2v) is 19.7. The van der Waals surface area contributed by atoms with Gasteiger partial charge in [-0.2, -0.15) is 0 Å². The van der Waals surface area contributed by atoms with Gasteiger partial charge in [0.15, 0.2) is 0 Å². The van der Waals surface area contributed by atoms with Crippen molar-refractivity contribution in [1.29, 1.82) is 0 Å². The molecule has 0 unspecified atom stereocenters. The zero-order chi connectivity index (χ0) is 16.7. The first-order valence-electron chi connectivity index (χ1n) is 9.27.